The maximum Gasteiger partial charge on any atom is 0.0218 e. The summed E-state index contributed by atoms with van der Waals surface area (Å²) in [7, 11) is 0. The van der Waals surface area contributed by atoms with Crippen molar-refractivity contribution in [2.75, 3.05) is 26.2 Å². The van der Waals surface area contributed by atoms with Gasteiger partial charge in [0.05, 0.1) is 0 Å². The maximum atomic E-state index is 3.51. The van der Waals surface area contributed by atoms with Crippen LogP contribution in [0.1, 0.15) is 51.9 Å². The molecule has 1 aliphatic heterocycles. The molecule has 1 atom stereocenters. The van der Waals surface area contributed by atoms with E-state index in [1.807, 2.05) is 0 Å². The Labute approximate surface area is 101 Å². The van der Waals surface area contributed by atoms with Crippen molar-refractivity contribution in [1.29, 1.82) is 0 Å². The van der Waals surface area contributed by atoms with Gasteiger partial charge in [-0.2, -0.15) is 0 Å². The molecule has 0 bridgehead atoms. The van der Waals surface area contributed by atoms with Crippen LogP contribution in [0.3, 0.4) is 0 Å². The van der Waals surface area contributed by atoms with E-state index in [9.17, 15) is 0 Å². The molecule has 1 aliphatic carbocycles. The Morgan fingerprint density at radius 2 is 2.06 bits per heavy atom. The van der Waals surface area contributed by atoms with E-state index in [1.54, 1.807) is 0 Å². The van der Waals surface area contributed by atoms with Crippen LogP contribution in [0, 0.1) is 5.92 Å². The van der Waals surface area contributed by atoms with Crippen LogP contribution in [-0.4, -0.2) is 37.1 Å². The van der Waals surface area contributed by atoms with Crippen molar-refractivity contribution in [3.8, 4) is 0 Å². The SMILES string of the molecule is CCC1CNCCN1CCCC1CCCC1. The van der Waals surface area contributed by atoms with Crippen molar-refractivity contribution in [2.24, 2.45) is 5.92 Å². The fourth-order valence-corrected chi connectivity index (χ4v) is 3.38. The molecule has 1 saturated heterocycles. The molecule has 2 nitrogen and oxygen atoms in total. The lowest BCUT2D eigenvalue weighted by Gasteiger charge is -2.35. The average Bonchev–Trinajstić information content (AvgIpc) is 2.83. The zero-order valence-corrected chi connectivity index (χ0v) is 10.9. The van der Waals surface area contributed by atoms with Gasteiger partial charge in [-0.15, -0.1) is 0 Å². The van der Waals surface area contributed by atoms with Gasteiger partial charge in [-0.3, -0.25) is 4.90 Å². The number of hydrogen-bond donors (Lipinski definition) is 1. The van der Waals surface area contributed by atoms with Crippen molar-refractivity contribution in [2.45, 2.75) is 57.9 Å². The van der Waals surface area contributed by atoms with Gasteiger partial charge < -0.3 is 5.32 Å². The highest BCUT2D eigenvalue weighted by Crippen LogP contribution is 2.28. The van der Waals surface area contributed by atoms with E-state index in [4.69, 9.17) is 0 Å². The van der Waals surface area contributed by atoms with Gasteiger partial charge in [-0.25, -0.2) is 0 Å². The molecule has 2 aliphatic rings. The maximum absolute atomic E-state index is 3.51. The number of piperazine rings is 1. The second kappa shape index (κ2) is 6.61. The van der Waals surface area contributed by atoms with Gasteiger partial charge in [-0.1, -0.05) is 32.6 Å². The summed E-state index contributed by atoms with van der Waals surface area (Å²) in [5.74, 6) is 1.07. The van der Waals surface area contributed by atoms with E-state index in [1.165, 1.54) is 71.1 Å². The van der Waals surface area contributed by atoms with E-state index >= 15 is 0 Å². The van der Waals surface area contributed by atoms with Crippen molar-refractivity contribution >= 4 is 0 Å². The van der Waals surface area contributed by atoms with Crippen LogP contribution < -0.4 is 5.32 Å². The normalized spacial score (nSPS) is 28.7. The van der Waals surface area contributed by atoms with Crippen LogP contribution >= 0.6 is 0 Å². The van der Waals surface area contributed by atoms with Crippen molar-refractivity contribution in [3.05, 3.63) is 0 Å². The minimum atomic E-state index is 0.803. The van der Waals surface area contributed by atoms with Crippen LogP contribution in [0.2, 0.25) is 0 Å². The molecule has 0 aromatic carbocycles. The van der Waals surface area contributed by atoms with Crippen LogP contribution in [0.5, 0.6) is 0 Å². The smallest absolute Gasteiger partial charge is 0.0218 e. The average molecular weight is 224 g/mol. The molecule has 2 rings (SSSR count). The Bertz CT molecular complexity index is 187. The van der Waals surface area contributed by atoms with E-state index < -0.39 is 0 Å². The second-order valence-corrected chi connectivity index (χ2v) is 5.59. The van der Waals surface area contributed by atoms with Gasteiger partial charge in [0.25, 0.3) is 0 Å². The largest absolute Gasteiger partial charge is 0.314 e. The van der Waals surface area contributed by atoms with Crippen molar-refractivity contribution in [3.63, 3.8) is 0 Å². The number of nitrogens with one attached hydrogen (secondary N) is 1. The molecule has 94 valence electrons. The Morgan fingerprint density at radius 1 is 1.25 bits per heavy atom. The Balaban J connectivity index is 1.63. The molecular weight excluding hydrogens is 196 g/mol. The van der Waals surface area contributed by atoms with Crippen LogP contribution in [0.15, 0.2) is 0 Å². The minimum absolute atomic E-state index is 0.803. The minimum Gasteiger partial charge on any atom is -0.314 e. The molecule has 2 fully saturated rings. The molecule has 0 aromatic rings. The Kier molecular flexibility index (Phi) is 5.11. The monoisotopic (exact) mass is 224 g/mol. The fraction of sp³-hybridized carbons (Fsp3) is 1.00. The summed E-state index contributed by atoms with van der Waals surface area (Å²) in [5.41, 5.74) is 0. The zero-order chi connectivity index (χ0) is 11.2. The first-order chi connectivity index (χ1) is 7.90. The van der Waals surface area contributed by atoms with Crippen molar-refractivity contribution in [1.82, 2.24) is 10.2 Å². The number of hydrogen-bond acceptors (Lipinski definition) is 2. The quantitative estimate of drug-likeness (QED) is 0.772. The van der Waals surface area contributed by atoms with Gasteiger partial charge in [0.15, 0.2) is 0 Å². The lowest BCUT2D eigenvalue weighted by Crippen LogP contribution is -2.51. The molecule has 1 N–H and O–H groups in total. The third-order valence-corrected chi connectivity index (χ3v) is 4.48. The Hall–Kier alpha value is -0.0800. The molecule has 1 heterocycles. The number of rotatable bonds is 5. The van der Waals surface area contributed by atoms with Gasteiger partial charge >= 0.3 is 0 Å². The van der Waals surface area contributed by atoms with Gasteiger partial charge in [0.2, 0.25) is 0 Å². The molecule has 2 heteroatoms. The molecule has 1 saturated carbocycles. The second-order valence-electron chi connectivity index (χ2n) is 5.59. The van der Waals surface area contributed by atoms with Crippen molar-refractivity contribution < 1.29 is 0 Å². The van der Waals surface area contributed by atoms with E-state index in [0.717, 1.165) is 12.0 Å². The summed E-state index contributed by atoms with van der Waals surface area (Å²) in [5, 5.41) is 3.51. The van der Waals surface area contributed by atoms with E-state index in [-0.39, 0.29) is 0 Å². The molecule has 1 unspecified atom stereocenters. The summed E-state index contributed by atoms with van der Waals surface area (Å²) in [6.45, 7) is 7.33. The summed E-state index contributed by atoms with van der Waals surface area (Å²) in [6.07, 6.45) is 10.2. The summed E-state index contributed by atoms with van der Waals surface area (Å²) >= 11 is 0. The lowest BCUT2D eigenvalue weighted by atomic mass is 10.0. The number of nitrogens with zero attached hydrogens (tertiary/aromatic N) is 1. The third-order valence-electron chi connectivity index (χ3n) is 4.48. The molecule has 0 spiro atoms. The predicted octanol–water partition coefficient (Wildman–Crippen LogP) is 2.64. The molecule has 0 radical (unpaired) electrons. The first-order valence-electron chi connectivity index (χ1n) is 7.35. The third kappa shape index (κ3) is 3.46. The summed E-state index contributed by atoms with van der Waals surface area (Å²) in [4.78, 5) is 2.71. The topological polar surface area (TPSA) is 15.3 Å². The summed E-state index contributed by atoms with van der Waals surface area (Å²) < 4.78 is 0. The van der Waals surface area contributed by atoms with Gasteiger partial charge in [0.1, 0.15) is 0 Å². The highest BCUT2D eigenvalue weighted by Gasteiger charge is 2.20. The predicted molar refractivity (Wildman–Crippen MR) is 69.7 cm³/mol. The fourth-order valence-electron chi connectivity index (χ4n) is 3.38. The van der Waals surface area contributed by atoms with Gasteiger partial charge in [-0.05, 0) is 31.7 Å². The first kappa shape index (κ1) is 12.4. The van der Waals surface area contributed by atoms with Gasteiger partial charge in [0, 0.05) is 25.7 Å². The lowest BCUT2D eigenvalue weighted by molar-refractivity contribution is 0.152. The highest BCUT2D eigenvalue weighted by molar-refractivity contribution is 4.79. The van der Waals surface area contributed by atoms with Crippen LogP contribution in [0.25, 0.3) is 0 Å². The van der Waals surface area contributed by atoms with Crippen LogP contribution in [-0.2, 0) is 0 Å². The molecular formula is C14H28N2. The summed E-state index contributed by atoms with van der Waals surface area (Å²) in [6, 6.07) is 0.803. The molecule has 16 heavy (non-hydrogen) atoms. The van der Waals surface area contributed by atoms with Crippen LogP contribution in [0.4, 0.5) is 0 Å². The highest BCUT2D eigenvalue weighted by atomic mass is 15.2. The zero-order valence-electron chi connectivity index (χ0n) is 10.9. The standard InChI is InChI=1S/C14H28N2/c1-2-14-12-15-9-11-16(14)10-5-8-13-6-3-4-7-13/h13-15H,2-12H2,1H3. The van der Waals surface area contributed by atoms with E-state index in [0.29, 0.717) is 0 Å². The first-order valence-corrected chi connectivity index (χ1v) is 7.35. The van der Waals surface area contributed by atoms with E-state index in [2.05, 4.69) is 17.1 Å². The molecule has 0 amide bonds. The Morgan fingerprint density at radius 3 is 2.81 bits per heavy atom. The molecule has 0 aromatic heterocycles.